The van der Waals surface area contributed by atoms with Gasteiger partial charge in [0.25, 0.3) is 0 Å². The van der Waals surface area contributed by atoms with Crippen LogP contribution in [0.5, 0.6) is 0 Å². The van der Waals surface area contributed by atoms with E-state index in [4.69, 9.17) is 16.7 Å². The summed E-state index contributed by atoms with van der Waals surface area (Å²) in [7, 11) is 0. The van der Waals surface area contributed by atoms with E-state index in [1.807, 2.05) is 19.1 Å². The van der Waals surface area contributed by atoms with Gasteiger partial charge in [-0.05, 0) is 25.1 Å². The van der Waals surface area contributed by atoms with E-state index >= 15 is 0 Å². The van der Waals surface area contributed by atoms with Gasteiger partial charge in [0.15, 0.2) is 0 Å². The fraction of sp³-hybridized carbons (Fsp3) is 0.182. The maximum atomic E-state index is 11.0. The average molecular weight is 256 g/mol. The van der Waals surface area contributed by atoms with E-state index in [9.17, 15) is 4.79 Å². The summed E-state index contributed by atoms with van der Waals surface area (Å²) in [5.41, 5.74) is 0.219. The molecule has 0 aliphatic rings. The number of aryl methyl sites for hydroxylation is 1. The topological polar surface area (TPSA) is 42.2 Å². The Kier molecular flexibility index (Phi) is 3.03. The minimum Gasteiger partial charge on any atom is -0.477 e. The Labute approximate surface area is 102 Å². The van der Waals surface area contributed by atoms with Crippen molar-refractivity contribution in [3.63, 3.8) is 0 Å². The minimum atomic E-state index is -0.958. The molecule has 0 saturated carbocycles. The van der Waals surface area contributed by atoms with E-state index in [1.165, 1.54) is 10.9 Å². The quantitative estimate of drug-likeness (QED) is 0.915. The van der Waals surface area contributed by atoms with Crippen LogP contribution >= 0.6 is 22.9 Å². The highest BCUT2D eigenvalue weighted by Gasteiger charge is 2.12. The fourth-order valence-electron chi connectivity index (χ4n) is 1.52. The number of rotatable bonds is 3. The molecule has 2 aromatic rings. The largest absolute Gasteiger partial charge is 0.477 e. The first-order valence-electron chi connectivity index (χ1n) is 4.70. The monoisotopic (exact) mass is 255 g/mol. The third kappa shape index (κ3) is 2.28. The van der Waals surface area contributed by atoms with Crippen molar-refractivity contribution in [3.05, 3.63) is 44.9 Å². The van der Waals surface area contributed by atoms with E-state index in [2.05, 4.69) is 0 Å². The van der Waals surface area contributed by atoms with Crippen molar-refractivity contribution in [2.24, 2.45) is 0 Å². The van der Waals surface area contributed by atoms with E-state index in [-0.39, 0.29) is 5.69 Å². The number of hydrogen-bond acceptors (Lipinski definition) is 2. The summed E-state index contributed by atoms with van der Waals surface area (Å²) in [4.78, 5) is 13.3. The smallest absolute Gasteiger partial charge is 0.352 e. The van der Waals surface area contributed by atoms with Crippen LogP contribution in [0.25, 0.3) is 0 Å². The second kappa shape index (κ2) is 4.31. The molecule has 2 heterocycles. The van der Waals surface area contributed by atoms with Gasteiger partial charge in [-0.3, -0.25) is 0 Å². The molecule has 1 N–H and O–H groups in total. The highest BCUT2D eigenvalue weighted by Crippen LogP contribution is 2.20. The van der Waals surface area contributed by atoms with Gasteiger partial charge in [-0.15, -0.1) is 11.3 Å². The molecule has 0 saturated heterocycles. The number of carboxylic acids is 1. The molecule has 2 aromatic heterocycles. The van der Waals surface area contributed by atoms with Crippen LogP contribution in [0.1, 0.15) is 20.2 Å². The number of halogens is 1. The number of aromatic nitrogens is 1. The van der Waals surface area contributed by atoms with Crippen LogP contribution in [-0.2, 0) is 6.54 Å². The molecule has 0 unspecified atom stereocenters. The molecule has 0 radical (unpaired) electrons. The second-order valence-corrected chi connectivity index (χ2v) is 5.30. The first kappa shape index (κ1) is 11.2. The van der Waals surface area contributed by atoms with Crippen LogP contribution in [0.2, 0.25) is 5.02 Å². The van der Waals surface area contributed by atoms with E-state index in [0.717, 1.165) is 4.88 Å². The number of carbonyl (C=O) groups is 1. The van der Waals surface area contributed by atoms with E-state index < -0.39 is 5.97 Å². The number of nitrogens with zero attached hydrogens (tertiary/aromatic N) is 1. The average Bonchev–Trinajstić information content (AvgIpc) is 2.74. The molecule has 0 amide bonds. The highest BCUT2D eigenvalue weighted by atomic mass is 35.5. The molecule has 0 aromatic carbocycles. The van der Waals surface area contributed by atoms with Crippen LogP contribution in [-0.4, -0.2) is 15.6 Å². The molecule has 0 atom stereocenters. The lowest BCUT2D eigenvalue weighted by molar-refractivity contribution is 0.0686. The Morgan fingerprint density at radius 1 is 1.56 bits per heavy atom. The van der Waals surface area contributed by atoms with Gasteiger partial charge in [0, 0.05) is 16.0 Å². The molecular formula is C11H10ClNO2S. The number of carboxylic acid groups (broad SMARTS) is 1. The zero-order valence-electron chi connectivity index (χ0n) is 8.61. The molecule has 16 heavy (non-hydrogen) atoms. The van der Waals surface area contributed by atoms with E-state index in [0.29, 0.717) is 11.6 Å². The van der Waals surface area contributed by atoms with Crippen molar-refractivity contribution in [2.75, 3.05) is 0 Å². The van der Waals surface area contributed by atoms with Crippen LogP contribution in [0.4, 0.5) is 0 Å². The number of aromatic carboxylic acids is 1. The summed E-state index contributed by atoms with van der Waals surface area (Å²) < 4.78 is 1.65. The van der Waals surface area contributed by atoms with Gasteiger partial charge < -0.3 is 9.67 Å². The molecule has 0 spiro atoms. The van der Waals surface area contributed by atoms with Gasteiger partial charge in [0.05, 0.1) is 11.6 Å². The summed E-state index contributed by atoms with van der Waals surface area (Å²) in [6, 6.07) is 5.48. The number of thiophene rings is 1. The second-order valence-electron chi connectivity index (χ2n) is 3.49. The molecule has 0 bridgehead atoms. The maximum Gasteiger partial charge on any atom is 0.352 e. The van der Waals surface area contributed by atoms with E-state index in [1.54, 1.807) is 22.1 Å². The lowest BCUT2D eigenvalue weighted by Gasteiger charge is -2.03. The summed E-state index contributed by atoms with van der Waals surface area (Å²) in [6.07, 6.45) is 1.64. The molecule has 0 aliphatic heterocycles. The summed E-state index contributed by atoms with van der Waals surface area (Å²) >= 11 is 7.46. The Morgan fingerprint density at radius 3 is 2.88 bits per heavy atom. The predicted molar refractivity (Wildman–Crippen MR) is 64.6 cm³/mol. The van der Waals surface area contributed by atoms with Crippen LogP contribution in [0, 0.1) is 6.92 Å². The molecular weight excluding hydrogens is 246 g/mol. The van der Waals surface area contributed by atoms with Crippen molar-refractivity contribution >= 4 is 28.9 Å². The Balaban J connectivity index is 2.30. The Bertz CT molecular complexity index is 530. The fourth-order valence-corrected chi connectivity index (χ4v) is 2.63. The predicted octanol–water partition coefficient (Wildman–Crippen LogP) is 3.26. The molecule has 0 fully saturated rings. The minimum absolute atomic E-state index is 0.219. The van der Waals surface area contributed by atoms with Crippen molar-refractivity contribution < 1.29 is 9.90 Å². The van der Waals surface area contributed by atoms with Gasteiger partial charge in [-0.2, -0.15) is 0 Å². The lowest BCUT2D eigenvalue weighted by atomic mass is 10.4. The highest BCUT2D eigenvalue weighted by molar-refractivity contribution is 7.11. The molecule has 0 aliphatic carbocycles. The zero-order chi connectivity index (χ0) is 11.7. The third-order valence-electron chi connectivity index (χ3n) is 2.20. The van der Waals surface area contributed by atoms with Crippen molar-refractivity contribution in [3.8, 4) is 0 Å². The van der Waals surface area contributed by atoms with Gasteiger partial charge in [0.2, 0.25) is 0 Å². The number of hydrogen-bond donors (Lipinski definition) is 1. The van der Waals surface area contributed by atoms with Crippen LogP contribution < -0.4 is 0 Å². The van der Waals surface area contributed by atoms with Gasteiger partial charge in [0.1, 0.15) is 5.69 Å². The SMILES string of the molecule is Cc1ccc(Cn2cc(Cl)cc2C(=O)O)s1. The third-order valence-corrected chi connectivity index (χ3v) is 3.40. The Hall–Kier alpha value is -1.26. The van der Waals surface area contributed by atoms with Gasteiger partial charge in [-0.1, -0.05) is 11.6 Å². The maximum absolute atomic E-state index is 11.0. The molecule has 84 valence electrons. The molecule has 2 rings (SSSR count). The Morgan fingerprint density at radius 2 is 2.31 bits per heavy atom. The molecule has 5 heteroatoms. The van der Waals surface area contributed by atoms with Crippen molar-refractivity contribution in [2.45, 2.75) is 13.5 Å². The first-order chi connectivity index (χ1) is 7.56. The van der Waals surface area contributed by atoms with Crippen molar-refractivity contribution in [1.29, 1.82) is 0 Å². The summed E-state index contributed by atoms with van der Waals surface area (Å²) in [5, 5.41) is 9.44. The lowest BCUT2D eigenvalue weighted by Crippen LogP contribution is -2.07. The summed E-state index contributed by atoms with van der Waals surface area (Å²) in [5.74, 6) is -0.958. The van der Waals surface area contributed by atoms with Crippen molar-refractivity contribution in [1.82, 2.24) is 4.57 Å². The first-order valence-corrected chi connectivity index (χ1v) is 5.90. The van der Waals surface area contributed by atoms with Crippen LogP contribution in [0.3, 0.4) is 0 Å². The van der Waals surface area contributed by atoms with Gasteiger partial charge >= 0.3 is 5.97 Å². The standard InChI is InChI=1S/C11H10ClNO2S/c1-7-2-3-9(16-7)6-13-5-8(12)4-10(13)11(14)15/h2-5H,6H2,1H3,(H,14,15). The molecule has 3 nitrogen and oxygen atoms in total. The summed E-state index contributed by atoms with van der Waals surface area (Å²) in [6.45, 7) is 2.57. The zero-order valence-corrected chi connectivity index (χ0v) is 10.2. The normalized spacial score (nSPS) is 10.6. The van der Waals surface area contributed by atoms with Gasteiger partial charge in [-0.25, -0.2) is 4.79 Å². The van der Waals surface area contributed by atoms with Crippen LogP contribution in [0.15, 0.2) is 24.4 Å².